The molecule has 2 amide bonds. The number of ether oxygens (including phenoxy) is 3. The van der Waals surface area contributed by atoms with Crippen LogP contribution < -0.4 is 4.46 Å². The van der Waals surface area contributed by atoms with Crippen molar-refractivity contribution in [3.63, 3.8) is 0 Å². The summed E-state index contributed by atoms with van der Waals surface area (Å²) in [5.74, 6) is 0. The predicted octanol–water partition coefficient (Wildman–Crippen LogP) is 4.37. The van der Waals surface area contributed by atoms with Crippen molar-refractivity contribution in [1.82, 2.24) is 9.80 Å². The van der Waals surface area contributed by atoms with Crippen LogP contribution in [-0.2, 0) is 20.8 Å². The van der Waals surface area contributed by atoms with Gasteiger partial charge in [-0.25, -0.2) is 0 Å². The minimum atomic E-state index is -0.884. The van der Waals surface area contributed by atoms with Crippen LogP contribution in [0.3, 0.4) is 0 Å². The SMILES string of the molecule is CCOC(=O)N(Cc1ccccc1)[C@H]([Se]c1ccccc1)[C@@H]1COC(C)(C)N1C(=O)OC(C)(C)C. The van der Waals surface area contributed by atoms with Gasteiger partial charge >= 0.3 is 215 Å². The second kappa shape index (κ2) is 11.5. The second-order valence-corrected chi connectivity index (χ2v) is 12.3. The maximum absolute atomic E-state index is 13.4. The molecular weight excluding hydrogens is 511 g/mol. The van der Waals surface area contributed by atoms with E-state index in [9.17, 15) is 9.59 Å². The van der Waals surface area contributed by atoms with E-state index >= 15 is 0 Å². The molecule has 1 saturated heterocycles. The Bertz CT molecular complexity index is 978. The maximum atomic E-state index is 13.4. The Morgan fingerprint density at radius 2 is 1.71 bits per heavy atom. The van der Waals surface area contributed by atoms with Crippen molar-refractivity contribution in [2.24, 2.45) is 0 Å². The molecule has 1 aliphatic heterocycles. The summed E-state index contributed by atoms with van der Waals surface area (Å²) < 4.78 is 18.5. The van der Waals surface area contributed by atoms with Crippen LogP contribution in [0, 0.1) is 0 Å². The van der Waals surface area contributed by atoms with Crippen LogP contribution in [0.1, 0.15) is 47.1 Å². The first-order valence-corrected chi connectivity index (χ1v) is 13.7. The molecule has 1 fully saturated rings. The molecule has 35 heavy (non-hydrogen) atoms. The standard InChI is InChI=1S/C27H36N2O5Se/c1-7-32-24(30)28(18-20-14-10-8-11-15-20)23(35-21-16-12-9-13-17-21)22-19-33-27(5,6)29(22)25(31)34-26(2,3)4/h8-17,22-23H,7,18-19H2,1-6H3/t22-,23+/m0/s1. The molecule has 0 spiro atoms. The van der Waals surface area contributed by atoms with Gasteiger partial charge in [-0.3, -0.25) is 0 Å². The molecule has 0 saturated carbocycles. The van der Waals surface area contributed by atoms with Crippen LogP contribution in [0.4, 0.5) is 9.59 Å². The third kappa shape index (κ3) is 7.23. The molecule has 190 valence electrons. The molecule has 7 nitrogen and oxygen atoms in total. The van der Waals surface area contributed by atoms with Gasteiger partial charge in [-0.1, -0.05) is 0 Å². The molecule has 8 heteroatoms. The van der Waals surface area contributed by atoms with Crippen molar-refractivity contribution in [2.45, 2.75) is 70.4 Å². The molecule has 0 N–H and O–H groups in total. The summed E-state index contributed by atoms with van der Waals surface area (Å²) in [6.07, 6.45) is -0.865. The predicted molar refractivity (Wildman–Crippen MR) is 137 cm³/mol. The summed E-state index contributed by atoms with van der Waals surface area (Å²) in [6.45, 7) is 11.9. The van der Waals surface area contributed by atoms with Gasteiger partial charge in [0.2, 0.25) is 0 Å². The number of carbonyl (C=O) groups is 2. The van der Waals surface area contributed by atoms with Crippen molar-refractivity contribution in [3.8, 4) is 0 Å². The molecule has 0 unspecified atom stereocenters. The molecule has 0 aromatic heterocycles. The topological polar surface area (TPSA) is 68.3 Å². The van der Waals surface area contributed by atoms with Gasteiger partial charge < -0.3 is 0 Å². The summed E-state index contributed by atoms with van der Waals surface area (Å²) >= 11 is -0.211. The summed E-state index contributed by atoms with van der Waals surface area (Å²) in [4.78, 5) is 29.8. The van der Waals surface area contributed by atoms with E-state index in [2.05, 4.69) is 12.1 Å². The fourth-order valence-electron chi connectivity index (χ4n) is 3.94. The van der Waals surface area contributed by atoms with E-state index < -0.39 is 29.6 Å². The first-order valence-electron chi connectivity index (χ1n) is 11.9. The van der Waals surface area contributed by atoms with Crippen LogP contribution >= 0.6 is 0 Å². The molecule has 0 radical (unpaired) electrons. The van der Waals surface area contributed by atoms with Gasteiger partial charge in [0.15, 0.2) is 0 Å². The van der Waals surface area contributed by atoms with Crippen LogP contribution in [0.5, 0.6) is 0 Å². The Hall–Kier alpha value is -2.54. The van der Waals surface area contributed by atoms with Crippen LogP contribution in [0.25, 0.3) is 0 Å². The molecule has 0 aliphatic carbocycles. The summed E-state index contributed by atoms with van der Waals surface area (Å²) in [5.41, 5.74) is -0.563. The zero-order valence-electron chi connectivity index (χ0n) is 21.4. The molecule has 0 bridgehead atoms. The van der Waals surface area contributed by atoms with E-state index in [1.807, 2.05) is 83.1 Å². The monoisotopic (exact) mass is 548 g/mol. The van der Waals surface area contributed by atoms with Crippen molar-refractivity contribution >= 4 is 31.6 Å². The molecule has 3 rings (SSSR count). The molecular formula is C27H36N2O5Se. The number of rotatable bonds is 7. The molecule has 2 aromatic carbocycles. The van der Waals surface area contributed by atoms with Gasteiger partial charge in [0.05, 0.1) is 0 Å². The summed E-state index contributed by atoms with van der Waals surface area (Å²) in [6, 6.07) is 19.5. The van der Waals surface area contributed by atoms with Crippen molar-refractivity contribution in [1.29, 1.82) is 0 Å². The number of hydrogen-bond acceptors (Lipinski definition) is 5. The number of nitrogens with zero attached hydrogens (tertiary/aromatic N) is 2. The van der Waals surface area contributed by atoms with E-state index in [0.717, 1.165) is 10.0 Å². The third-order valence-electron chi connectivity index (χ3n) is 5.44. The van der Waals surface area contributed by atoms with Gasteiger partial charge in [-0.2, -0.15) is 0 Å². The zero-order valence-corrected chi connectivity index (χ0v) is 23.1. The van der Waals surface area contributed by atoms with E-state index in [-0.39, 0.29) is 33.1 Å². The van der Waals surface area contributed by atoms with E-state index in [1.165, 1.54) is 0 Å². The Morgan fingerprint density at radius 1 is 1.11 bits per heavy atom. The minimum absolute atomic E-state index is 0.211. The van der Waals surface area contributed by atoms with Gasteiger partial charge in [0, 0.05) is 0 Å². The van der Waals surface area contributed by atoms with Gasteiger partial charge in [-0.15, -0.1) is 0 Å². The normalized spacial score (nSPS) is 18.1. The molecule has 1 heterocycles. The summed E-state index contributed by atoms with van der Waals surface area (Å²) in [7, 11) is 0. The van der Waals surface area contributed by atoms with Gasteiger partial charge in [0.25, 0.3) is 0 Å². The van der Waals surface area contributed by atoms with Crippen LogP contribution in [0.15, 0.2) is 60.7 Å². The Balaban J connectivity index is 2.05. The van der Waals surface area contributed by atoms with Crippen molar-refractivity contribution in [2.75, 3.05) is 13.2 Å². The van der Waals surface area contributed by atoms with E-state index in [4.69, 9.17) is 14.2 Å². The van der Waals surface area contributed by atoms with Crippen molar-refractivity contribution in [3.05, 3.63) is 66.2 Å². The molecule has 2 aromatic rings. The fourth-order valence-corrected chi connectivity index (χ4v) is 6.54. The molecule has 2 atom stereocenters. The Labute approximate surface area is 214 Å². The van der Waals surface area contributed by atoms with Crippen molar-refractivity contribution < 1.29 is 23.8 Å². The number of hydrogen-bond donors (Lipinski definition) is 0. The van der Waals surface area contributed by atoms with Gasteiger partial charge in [0.1, 0.15) is 0 Å². The average molecular weight is 548 g/mol. The van der Waals surface area contributed by atoms with Crippen LogP contribution in [-0.4, -0.2) is 72.5 Å². The number of carbonyl (C=O) groups excluding carboxylic acids is 2. The quantitative estimate of drug-likeness (QED) is 0.482. The number of amides is 2. The van der Waals surface area contributed by atoms with Crippen LogP contribution in [0.2, 0.25) is 0 Å². The fraction of sp³-hybridized carbons (Fsp3) is 0.481. The summed E-state index contributed by atoms with van der Waals surface area (Å²) in [5, 5.41) is 0. The first-order chi connectivity index (χ1) is 16.5. The van der Waals surface area contributed by atoms with E-state index in [1.54, 1.807) is 16.7 Å². The second-order valence-electron chi connectivity index (χ2n) is 9.81. The molecule has 1 aliphatic rings. The van der Waals surface area contributed by atoms with Gasteiger partial charge in [-0.05, 0) is 0 Å². The zero-order chi connectivity index (χ0) is 25.6. The Morgan fingerprint density at radius 3 is 2.29 bits per heavy atom. The number of benzene rings is 2. The Kier molecular flexibility index (Phi) is 8.86. The van der Waals surface area contributed by atoms with E-state index in [0.29, 0.717) is 6.54 Å². The first kappa shape index (κ1) is 27.1. The third-order valence-corrected chi connectivity index (χ3v) is 8.29. The average Bonchev–Trinajstić information content (AvgIpc) is 3.11.